The van der Waals surface area contributed by atoms with Crippen LogP contribution in [0.1, 0.15) is 81.6 Å². The van der Waals surface area contributed by atoms with Gasteiger partial charge in [-0.3, -0.25) is 4.79 Å². The van der Waals surface area contributed by atoms with Crippen LogP contribution < -0.4 is 0 Å². The third kappa shape index (κ3) is 11.3. The average Bonchev–Trinajstić information content (AvgIpc) is 2.50. The molecular formula is C24H42O2. The van der Waals surface area contributed by atoms with Crippen LogP contribution in [0.4, 0.5) is 0 Å². The van der Waals surface area contributed by atoms with E-state index in [2.05, 4.69) is 79.7 Å². The van der Waals surface area contributed by atoms with Gasteiger partial charge in [0, 0.05) is 12.8 Å². The number of carbonyl (C=O) groups excluding carboxylic acids is 1. The fraction of sp³-hybridized carbons (Fsp3) is 0.708. The summed E-state index contributed by atoms with van der Waals surface area (Å²) in [4.78, 5) is 11.5. The van der Waals surface area contributed by atoms with Gasteiger partial charge in [-0.25, -0.2) is 0 Å². The summed E-state index contributed by atoms with van der Waals surface area (Å²) in [7, 11) is 0. The number of rotatable bonds is 11. The monoisotopic (exact) mass is 362 g/mol. The molecule has 0 aromatic carbocycles. The molecule has 0 N–H and O–H groups in total. The molecule has 0 aromatic rings. The van der Waals surface area contributed by atoms with Gasteiger partial charge < -0.3 is 4.74 Å². The lowest BCUT2D eigenvalue weighted by Gasteiger charge is -2.27. The summed E-state index contributed by atoms with van der Waals surface area (Å²) in [6.45, 7) is 19.0. The van der Waals surface area contributed by atoms with Crippen LogP contribution in [0.25, 0.3) is 0 Å². The molecule has 0 aromatic heterocycles. The molecule has 0 amide bonds. The topological polar surface area (TPSA) is 26.3 Å². The van der Waals surface area contributed by atoms with Crippen LogP contribution in [0.2, 0.25) is 0 Å². The van der Waals surface area contributed by atoms with Crippen LogP contribution in [0, 0.1) is 23.7 Å². The fourth-order valence-electron chi connectivity index (χ4n) is 3.53. The van der Waals surface area contributed by atoms with Gasteiger partial charge in [0.05, 0.1) is 0 Å². The van der Waals surface area contributed by atoms with Crippen LogP contribution in [0.3, 0.4) is 0 Å². The first-order valence-corrected chi connectivity index (χ1v) is 10.2. The molecule has 2 nitrogen and oxygen atoms in total. The summed E-state index contributed by atoms with van der Waals surface area (Å²) in [5, 5.41) is 0. The molecule has 0 radical (unpaired) electrons. The van der Waals surface area contributed by atoms with Gasteiger partial charge in [0.1, 0.15) is 6.10 Å². The Kier molecular flexibility index (Phi) is 12.3. The summed E-state index contributed by atoms with van der Waals surface area (Å²) in [5.74, 6) is 1.69. The van der Waals surface area contributed by atoms with Gasteiger partial charge >= 0.3 is 5.97 Å². The fourth-order valence-corrected chi connectivity index (χ4v) is 3.53. The van der Waals surface area contributed by atoms with E-state index >= 15 is 0 Å². The van der Waals surface area contributed by atoms with E-state index in [1.54, 1.807) is 0 Å². The maximum atomic E-state index is 11.5. The molecule has 150 valence electrons. The largest absolute Gasteiger partial charge is 0.462 e. The summed E-state index contributed by atoms with van der Waals surface area (Å²) >= 11 is 0. The first-order chi connectivity index (χ1) is 12.1. The van der Waals surface area contributed by atoms with Crippen LogP contribution in [0.5, 0.6) is 0 Å². The van der Waals surface area contributed by atoms with Crippen molar-refractivity contribution in [1.82, 2.24) is 0 Å². The van der Waals surface area contributed by atoms with Gasteiger partial charge in [0.25, 0.3) is 0 Å². The zero-order valence-electron chi connectivity index (χ0n) is 18.6. The van der Waals surface area contributed by atoms with Gasteiger partial charge in [-0.2, -0.15) is 0 Å². The maximum absolute atomic E-state index is 11.5. The van der Waals surface area contributed by atoms with Crippen molar-refractivity contribution in [3.05, 3.63) is 35.5 Å². The van der Waals surface area contributed by atoms with E-state index in [-0.39, 0.29) is 23.9 Å². The first-order valence-electron chi connectivity index (χ1n) is 10.2. The van der Waals surface area contributed by atoms with E-state index in [4.69, 9.17) is 4.74 Å². The maximum Gasteiger partial charge on any atom is 0.302 e. The Morgan fingerprint density at radius 3 is 2.12 bits per heavy atom. The van der Waals surface area contributed by atoms with E-state index in [1.807, 2.05) is 0 Å². The van der Waals surface area contributed by atoms with Crippen molar-refractivity contribution < 1.29 is 9.53 Å². The standard InChI is InChI=1S/C24H42O2/c1-10-18(4)15-20(6)16-19(5)12-11-13-21(7)24(26-23(9)25)22(8)14-17(2)3/h11-12,14,16,18,20-22,24H,10,13,15H2,1-9H3/b12-11+,19-16+. The molecule has 0 rings (SSSR count). The van der Waals surface area contributed by atoms with E-state index in [0.717, 1.165) is 12.3 Å². The zero-order valence-corrected chi connectivity index (χ0v) is 18.6. The average molecular weight is 363 g/mol. The van der Waals surface area contributed by atoms with Crippen LogP contribution in [0.15, 0.2) is 35.5 Å². The second-order valence-electron chi connectivity index (χ2n) is 8.43. The highest BCUT2D eigenvalue weighted by Crippen LogP contribution is 2.23. The molecule has 5 unspecified atom stereocenters. The molecule has 0 saturated carbocycles. The zero-order chi connectivity index (χ0) is 20.3. The molecule has 0 heterocycles. The highest BCUT2D eigenvalue weighted by molar-refractivity contribution is 5.66. The van der Waals surface area contributed by atoms with Crippen molar-refractivity contribution in [2.45, 2.75) is 87.7 Å². The van der Waals surface area contributed by atoms with Gasteiger partial charge in [0.2, 0.25) is 0 Å². The van der Waals surface area contributed by atoms with Crippen LogP contribution in [-0.2, 0) is 9.53 Å². The predicted octanol–water partition coefficient (Wildman–Crippen LogP) is 7.12. The molecule has 0 spiro atoms. The molecule has 2 heteroatoms. The summed E-state index contributed by atoms with van der Waals surface area (Å²) in [6, 6.07) is 0. The van der Waals surface area contributed by atoms with Crippen molar-refractivity contribution in [3.63, 3.8) is 0 Å². The van der Waals surface area contributed by atoms with Crippen LogP contribution in [-0.4, -0.2) is 12.1 Å². The van der Waals surface area contributed by atoms with E-state index in [0.29, 0.717) is 5.92 Å². The van der Waals surface area contributed by atoms with Crippen molar-refractivity contribution >= 4 is 5.97 Å². The molecule has 0 aliphatic heterocycles. The smallest absolute Gasteiger partial charge is 0.302 e. The highest BCUT2D eigenvalue weighted by Gasteiger charge is 2.24. The van der Waals surface area contributed by atoms with Crippen molar-refractivity contribution in [1.29, 1.82) is 0 Å². The van der Waals surface area contributed by atoms with Gasteiger partial charge in [0.15, 0.2) is 0 Å². The Morgan fingerprint density at radius 2 is 1.62 bits per heavy atom. The van der Waals surface area contributed by atoms with Gasteiger partial charge in [-0.15, -0.1) is 0 Å². The minimum absolute atomic E-state index is 0.0827. The molecule has 0 bridgehead atoms. The highest BCUT2D eigenvalue weighted by atomic mass is 16.5. The van der Waals surface area contributed by atoms with Gasteiger partial charge in [-0.05, 0) is 51.4 Å². The van der Waals surface area contributed by atoms with Crippen LogP contribution >= 0.6 is 0 Å². The van der Waals surface area contributed by atoms with E-state index in [1.165, 1.54) is 30.9 Å². The Balaban J connectivity index is 4.82. The third-order valence-electron chi connectivity index (χ3n) is 4.88. The Labute approximate surface area is 162 Å². The van der Waals surface area contributed by atoms with Crippen molar-refractivity contribution in [3.8, 4) is 0 Å². The number of allylic oxidation sites excluding steroid dienone is 5. The minimum Gasteiger partial charge on any atom is -0.462 e. The summed E-state index contributed by atoms with van der Waals surface area (Å²) < 4.78 is 5.62. The molecular weight excluding hydrogens is 320 g/mol. The minimum atomic E-state index is -0.199. The lowest BCUT2D eigenvalue weighted by atomic mass is 9.89. The molecule has 5 atom stereocenters. The summed E-state index contributed by atoms with van der Waals surface area (Å²) in [6.07, 6.45) is 12.3. The lowest BCUT2D eigenvalue weighted by molar-refractivity contribution is -0.150. The predicted molar refractivity (Wildman–Crippen MR) is 114 cm³/mol. The molecule has 0 aliphatic rings. The Bertz CT molecular complexity index is 494. The van der Waals surface area contributed by atoms with E-state index < -0.39 is 0 Å². The number of carbonyl (C=O) groups is 1. The second kappa shape index (κ2) is 12.9. The quantitative estimate of drug-likeness (QED) is 0.222. The molecule has 26 heavy (non-hydrogen) atoms. The Hall–Kier alpha value is -1.31. The number of esters is 1. The molecule has 0 saturated heterocycles. The Morgan fingerprint density at radius 1 is 1.00 bits per heavy atom. The first kappa shape index (κ1) is 24.7. The van der Waals surface area contributed by atoms with E-state index in [9.17, 15) is 4.79 Å². The van der Waals surface area contributed by atoms with Crippen molar-refractivity contribution in [2.75, 3.05) is 0 Å². The molecule has 0 aliphatic carbocycles. The second-order valence-corrected chi connectivity index (χ2v) is 8.43. The number of hydrogen-bond donors (Lipinski definition) is 0. The number of hydrogen-bond acceptors (Lipinski definition) is 2. The van der Waals surface area contributed by atoms with Gasteiger partial charge in [-0.1, -0.05) is 76.5 Å². The number of ether oxygens (including phenoxy) is 1. The lowest BCUT2D eigenvalue weighted by Crippen LogP contribution is -2.30. The SMILES string of the molecule is CCC(C)CC(C)/C=C(C)/C=C/CC(C)C(OC(C)=O)C(C)C=C(C)C. The summed E-state index contributed by atoms with van der Waals surface area (Å²) in [5.41, 5.74) is 2.57. The molecule has 0 fully saturated rings. The normalized spacial score (nSPS) is 18.1. The third-order valence-corrected chi connectivity index (χ3v) is 4.88. The van der Waals surface area contributed by atoms with Crippen molar-refractivity contribution in [2.24, 2.45) is 23.7 Å².